The average molecular weight is 236 g/mol. The van der Waals surface area contributed by atoms with Gasteiger partial charge in [0, 0.05) is 12.0 Å². The van der Waals surface area contributed by atoms with Crippen molar-refractivity contribution in [2.24, 2.45) is 17.3 Å². The molecule has 1 fully saturated rings. The molecule has 0 bridgehead atoms. The summed E-state index contributed by atoms with van der Waals surface area (Å²) in [6.45, 7) is 4.79. The highest BCUT2D eigenvalue weighted by atomic mass is 16.3. The van der Waals surface area contributed by atoms with Crippen LogP contribution in [0.15, 0.2) is 23.3 Å². The molecule has 17 heavy (non-hydrogen) atoms. The summed E-state index contributed by atoms with van der Waals surface area (Å²) in [7, 11) is 0. The first-order valence-corrected chi connectivity index (χ1v) is 6.68. The molecule has 2 aliphatic carbocycles. The highest BCUT2D eigenvalue weighted by molar-refractivity contribution is 5.22. The standard InChI is InChI=1S/C15H24O2/c1-11-4-3-5-12(9-16)8-14-13(7-6-11)15(14,2)10-17/h4,8,13-14,16-17H,3,5-7,9-10H2,1-2H3. The molecule has 0 heterocycles. The fraction of sp³-hybridized carbons (Fsp3) is 0.733. The van der Waals surface area contributed by atoms with E-state index in [1.54, 1.807) is 0 Å². The number of hydrogen-bond donors (Lipinski definition) is 2. The predicted octanol–water partition coefficient (Wildman–Crippen LogP) is 2.67. The highest BCUT2D eigenvalue weighted by Gasteiger charge is 2.58. The number of aliphatic hydroxyl groups excluding tert-OH is 2. The maximum absolute atomic E-state index is 9.54. The van der Waals surface area contributed by atoms with Crippen molar-refractivity contribution in [2.45, 2.75) is 39.5 Å². The maximum Gasteiger partial charge on any atom is 0.0641 e. The van der Waals surface area contributed by atoms with Gasteiger partial charge in [-0.05, 0) is 50.0 Å². The van der Waals surface area contributed by atoms with E-state index in [0.29, 0.717) is 11.8 Å². The van der Waals surface area contributed by atoms with E-state index in [9.17, 15) is 10.2 Å². The molecule has 2 N–H and O–H groups in total. The summed E-state index contributed by atoms with van der Waals surface area (Å²) >= 11 is 0. The highest BCUT2D eigenvalue weighted by Crippen LogP contribution is 2.61. The van der Waals surface area contributed by atoms with E-state index in [0.717, 1.165) is 24.8 Å². The fourth-order valence-corrected chi connectivity index (χ4v) is 3.20. The van der Waals surface area contributed by atoms with Gasteiger partial charge >= 0.3 is 0 Å². The van der Waals surface area contributed by atoms with Crippen LogP contribution in [-0.4, -0.2) is 23.4 Å². The lowest BCUT2D eigenvalue weighted by molar-refractivity contribution is 0.205. The summed E-state index contributed by atoms with van der Waals surface area (Å²) in [5.41, 5.74) is 2.66. The van der Waals surface area contributed by atoms with E-state index in [-0.39, 0.29) is 18.6 Å². The molecular weight excluding hydrogens is 212 g/mol. The first-order chi connectivity index (χ1) is 8.11. The first kappa shape index (κ1) is 12.8. The zero-order valence-corrected chi connectivity index (χ0v) is 10.9. The minimum absolute atomic E-state index is 0.0606. The van der Waals surface area contributed by atoms with Crippen LogP contribution >= 0.6 is 0 Å². The third-order valence-corrected chi connectivity index (χ3v) is 4.70. The minimum atomic E-state index is 0.0606. The molecule has 0 aromatic rings. The number of rotatable bonds is 2. The van der Waals surface area contributed by atoms with Gasteiger partial charge in [0.2, 0.25) is 0 Å². The zero-order chi connectivity index (χ0) is 12.5. The predicted molar refractivity (Wildman–Crippen MR) is 69.6 cm³/mol. The van der Waals surface area contributed by atoms with Crippen LogP contribution in [0.1, 0.15) is 39.5 Å². The Hall–Kier alpha value is -0.600. The average Bonchev–Trinajstić information content (AvgIpc) is 2.90. The van der Waals surface area contributed by atoms with Crippen LogP contribution < -0.4 is 0 Å². The summed E-state index contributed by atoms with van der Waals surface area (Å²) in [4.78, 5) is 0. The summed E-state index contributed by atoms with van der Waals surface area (Å²) in [5.74, 6) is 1.07. The largest absolute Gasteiger partial charge is 0.396 e. The van der Waals surface area contributed by atoms with Gasteiger partial charge < -0.3 is 10.2 Å². The number of hydrogen-bond acceptors (Lipinski definition) is 2. The second-order valence-corrected chi connectivity index (χ2v) is 5.91. The molecule has 0 spiro atoms. The van der Waals surface area contributed by atoms with Crippen molar-refractivity contribution in [2.75, 3.05) is 13.2 Å². The molecule has 0 amide bonds. The Labute approximate surface area is 104 Å². The molecule has 3 atom stereocenters. The molecule has 0 aromatic heterocycles. The lowest BCUT2D eigenvalue weighted by atomic mass is 10.0. The Balaban J connectivity index is 2.17. The molecule has 96 valence electrons. The molecule has 2 aliphatic rings. The monoisotopic (exact) mass is 236 g/mol. The topological polar surface area (TPSA) is 40.5 Å². The normalized spacial score (nSPS) is 37.9. The van der Waals surface area contributed by atoms with Gasteiger partial charge in [0.05, 0.1) is 6.61 Å². The summed E-state index contributed by atoms with van der Waals surface area (Å²) in [5, 5.41) is 18.9. The number of fused-ring (bicyclic) bond motifs is 1. The molecule has 2 rings (SSSR count). The molecule has 2 nitrogen and oxygen atoms in total. The van der Waals surface area contributed by atoms with Crippen LogP contribution in [0.25, 0.3) is 0 Å². The van der Waals surface area contributed by atoms with Crippen molar-refractivity contribution in [3.8, 4) is 0 Å². The van der Waals surface area contributed by atoms with Crippen molar-refractivity contribution in [1.29, 1.82) is 0 Å². The van der Waals surface area contributed by atoms with Gasteiger partial charge in [0.1, 0.15) is 0 Å². The van der Waals surface area contributed by atoms with Crippen LogP contribution in [0.3, 0.4) is 0 Å². The second kappa shape index (κ2) is 4.95. The molecular formula is C15H24O2. The quantitative estimate of drug-likeness (QED) is 0.724. The minimum Gasteiger partial charge on any atom is -0.396 e. The number of aliphatic hydroxyl groups is 2. The fourth-order valence-electron chi connectivity index (χ4n) is 3.20. The number of allylic oxidation sites excluding steroid dienone is 3. The molecule has 1 saturated carbocycles. The third kappa shape index (κ3) is 2.48. The van der Waals surface area contributed by atoms with Gasteiger partial charge in [-0.3, -0.25) is 0 Å². The van der Waals surface area contributed by atoms with Gasteiger partial charge in [-0.1, -0.05) is 24.6 Å². The Morgan fingerprint density at radius 2 is 2.12 bits per heavy atom. The second-order valence-electron chi connectivity index (χ2n) is 5.91. The molecule has 3 unspecified atom stereocenters. The molecule has 0 aromatic carbocycles. The van der Waals surface area contributed by atoms with Gasteiger partial charge in [0.25, 0.3) is 0 Å². The molecule has 0 radical (unpaired) electrons. The van der Waals surface area contributed by atoms with Crippen molar-refractivity contribution in [3.05, 3.63) is 23.3 Å². The first-order valence-electron chi connectivity index (χ1n) is 6.68. The van der Waals surface area contributed by atoms with E-state index in [2.05, 4.69) is 26.0 Å². The van der Waals surface area contributed by atoms with E-state index in [1.165, 1.54) is 12.0 Å². The zero-order valence-electron chi connectivity index (χ0n) is 10.9. The summed E-state index contributed by atoms with van der Waals surface area (Å²) in [6.07, 6.45) is 8.83. The SMILES string of the molecule is CC1=CCCC(CO)=CC2C(CC1)C2(C)CO. The van der Waals surface area contributed by atoms with Gasteiger partial charge in [-0.15, -0.1) is 0 Å². The lowest BCUT2D eigenvalue weighted by Crippen LogP contribution is -2.05. The van der Waals surface area contributed by atoms with E-state index in [1.807, 2.05) is 0 Å². The summed E-state index contributed by atoms with van der Waals surface area (Å²) in [6, 6.07) is 0. The Bertz CT molecular complexity index is 343. The van der Waals surface area contributed by atoms with Crippen molar-refractivity contribution in [3.63, 3.8) is 0 Å². The Morgan fingerprint density at radius 3 is 2.76 bits per heavy atom. The van der Waals surface area contributed by atoms with E-state index in [4.69, 9.17) is 0 Å². The lowest BCUT2D eigenvalue weighted by Gasteiger charge is -2.06. The van der Waals surface area contributed by atoms with Crippen LogP contribution in [0, 0.1) is 17.3 Å². The van der Waals surface area contributed by atoms with E-state index < -0.39 is 0 Å². The Kier molecular flexibility index (Phi) is 3.74. The van der Waals surface area contributed by atoms with Gasteiger partial charge in [-0.2, -0.15) is 0 Å². The molecule has 0 saturated heterocycles. The van der Waals surface area contributed by atoms with Crippen LogP contribution in [0.4, 0.5) is 0 Å². The summed E-state index contributed by atoms with van der Waals surface area (Å²) < 4.78 is 0. The van der Waals surface area contributed by atoms with Crippen molar-refractivity contribution >= 4 is 0 Å². The smallest absolute Gasteiger partial charge is 0.0641 e. The van der Waals surface area contributed by atoms with Crippen molar-refractivity contribution in [1.82, 2.24) is 0 Å². The third-order valence-electron chi connectivity index (χ3n) is 4.70. The molecule has 2 heteroatoms. The van der Waals surface area contributed by atoms with Crippen molar-refractivity contribution < 1.29 is 10.2 Å². The van der Waals surface area contributed by atoms with Gasteiger partial charge in [0.15, 0.2) is 0 Å². The maximum atomic E-state index is 9.54. The van der Waals surface area contributed by atoms with Crippen LogP contribution in [0.2, 0.25) is 0 Å². The van der Waals surface area contributed by atoms with Crippen LogP contribution in [0.5, 0.6) is 0 Å². The molecule has 0 aliphatic heterocycles. The van der Waals surface area contributed by atoms with Gasteiger partial charge in [-0.25, -0.2) is 0 Å². The van der Waals surface area contributed by atoms with E-state index >= 15 is 0 Å². The van der Waals surface area contributed by atoms with Crippen LogP contribution in [-0.2, 0) is 0 Å². The Morgan fingerprint density at radius 1 is 1.35 bits per heavy atom.